The van der Waals surface area contributed by atoms with E-state index in [2.05, 4.69) is 15.2 Å². The molecule has 2 heterocycles. The zero-order chi connectivity index (χ0) is 16.4. The Labute approximate surface area is 134 Å². The van der Waals surface area contributed by atoms with Crippen LogP contribution in [0.25, 0.3) is 0 Å². The highest BCUT2D eigenvalue weighted by atomic mass is 16.5. The number of methoxy groups -OCH3 is 1. The summed E-state index contributed by atoms with van der Waals surface area (Å²) in [6.45, 7) is 0.475. The zero-order valence-corrected chi connectivity index (χ0v) is 13.2. The van der Waals surface area contributed by atoms with Gasteiger partial charge in [0.2, 0.25) is 5.88 Å². The predicted octanol–water partition coefficient (Wildman–Crippen LogP) is 1.95. The quantitative estimate of drug-likeness (QED) is 0.811. The fourth-order valence-corrected chi connectivity index (χ4v) is 2.67. The van der Waals surface area contributed by atoms with E-state index in [-0.39, 0.29) is 0 Å². The van der Waals surface area contributed by atoms with E-state index in [1.165, 1.54) is 26.1 Å². The Bertz CT molecular complexity index is 679. The van der Waals surface area contributed by atoms with Gasteiger partial charge in [0.05, 0.1) is 12.8 Å². The number of likely N-dealkylation sites (N-methyl/N-ethyl adjacent to an activating group) is 1. The molecule has 1 aliphatic carbocycles. The molecule has 0 aromatic carbocycles. The van der Waals surface area contributed by atoms with Gasteiger partial charge < -0.3 is 9.84 Å². The van der Waals surface area contributed by atoms with Crippen LogP contribution in [-0.4, -0.2) is 45.3 Å². The fourth-order valence-electron chi connectivity index (χ4n) is 2.67. The van der Waals surface area contributed by atoms with Crippen LogP contribution >= 0.6 is 0 Å². The number of aliphatic carboxylic acids is 1. The first-order chi connectivity index (χ1) is 11.1. The van der Waals surface area contributed by atoms with Crippen molar-refractivity contribution in [1.29, 1.82) is 0 Å². The number of nitrogens with one attached hydrogen (secondary N) is 1. The van der Waals surface area contributed by atoms with E-state index in [1.54, 1.807) is 24.1 Å². The van der Waals surface area contributed by atoms with Crippen LogP contribution < -0.4 is 4.74 Å². The normalized spacial score (nSPS) is 15.6. The van der Waals surface area contributed by atoms with Crippen molar-refractivity contribution in [3.8, 4) is 5.88 Å². The summed E-state index contributed by atoms with van der Waals surface area (Å²) in [5, 5.41) is 16.9. The highest BCUT2D eigenvalue weighted by molar-refractivity contribution is 5.75. The van der Waals surface area contributed by atoms with Gasteiger partial charge in [-0.15, -0.1) is 0 Å². The standard InChI is InChI=1S/C16H20N4O3/c1-20(9-12-7-13(19-18-12)10-3-4-10)15(16(21)22)11-5-6-14(23-2)17-8-11/h5-8,10,15H,3-4,9H2,1-2H3,(H,18,19)(H,21,22)/t15-/m0/s1. The first kappa shape index (κ1) is 15.5. The first-order valence-electron chi connectivity index (χ1n) is 7.55. The number of carbonyl (C=O) groups is 1. The van der Waals surface area contributed by atoms with Crippen molar-refractivity contribution in [2.75, 3.05) is 14.2 Å². The van der Waals surface area contributed by atoms with E-state index in [1.807, 2.05) is 6.07 Å². The summed E-state index contributed by atoms with van der Waals surface area (Å²) in [6.07, 6.45) is 3.92. The lowest BCUT2D eigenvalue weighted by molar-refractivity contribution is -0.143. The molecule has 1 aliphatic rings. The van der Waals surface area contributed by atoms with Gasteiger partial charge in [0, 0.05) is 30.4 Å². The van der Waals surface area contributed by atoms with Crippen molar-refractivity contribution in [3.63, 3.8) is 0 Å². The molecule has 0 aliphatic heterocycles. The summed E-state index contributed by atoms with van der Waals surface area (Å²) in [5.41, 5.74) is 2.61. The van der Waals surface area contributed by atoms with Crippen LogP contribution in [0, 0.1) is 0 Å². The topological polar surface area (TPSA) is 91.3 Å². The Morgan fingerprint density at radius 3 is 2.87 bits per heavy atom. The number of carboxylic acids is 1. The lowest BCUT2D eigenvalue weighted by Crippen LogP contribution is -2.30. The molecule has 0 unspecified atom stereocenters. The molecular formula is C16H20N4O3. The summed E-state index contributed by atoms with van der Waals surface area (Å²) in [5.74, 6) is 0.121. The molecule has 3 rings (SSSR count). The minimum Gasteiger partial charge on any atom is -0.481 e. The Kier molecular flexibility index (Phi) is 4.29. The molecule has 0 amide bonds. The molecule has 1 fully saturated rings. The van der Waals surface area contributed by atoms with Crippen LogP contribution in [0.1, 0.15) is 41.8 Å². The third-order valence-electron chi connectivity index (χ3n) is 4.02. The maximum Gasteiger partial charge on any atom is 0.325 e. The second-order valence-electron chi connectivity index (χ2n) is 5.88. The lowest BCUT2D eigenvalue weighted by Gasteiger charge is -2.24. The number of ether oxygens (including phenoxy) is 1. The maximum absolute atomic E-state index is 11.7. The average molecular weight is 316 g/mol. The van der Waals surface area contributed by atoms with Gasteiger partial charge in [-0.2, -0.15) is 5.10 Å². The van der Waals surface area contributed by atoms with Crippen molar-refractivity contribution in [3.05, 3.63) is 41.3 Å². The maximum atomic E-state index is 11.7. The van der Waals surface area contributed by atoms with Crippen LogP contribution in [0.15, 0.2) is 24.4 Å². The second-order valence-corrected chi connectivity index (χ2v) is 5.88. The van der Waals surface area contributed by atoms with E-state index < -0.39 is 12.0 Å². The van der Waals surface area contributed by atoms with Gasteiger partial charge in [0.15, 0.2) is 0 Å². The molecule has 122 valence electrons. The van der Waals surface area contributed by atoms with E-state index in [9.17, 15) is 9.90 Å². The summed E-state index contributed by atoms with van der Waals surface area (Å²) in [6, 6.07) is 4.64. The number of nitrogens with zero attached hydrogens (tertiary/aromatic N) is 3. The largest absolute Gasteiger partial charge is 0.481 e. The van der Waals surface area contributed by atoms with Crippen molar-refractivity contribution in [2.45, 2.75) is 31.3 Å². The molecular weight excluding hydrogens is 296 g/mol. The molecule has 0 saturated heterocycles. The molecule has 0 radical (unpaired) electrons. The molecule has 1 saturated carbocycles. The summed E-state index contributed by atoms with van der Waals surface area (Å²) < 4.78 is 5.01. The Morgan fingerprint density at radius 1 is 1.52 bits per heavy atom. The number of pyridine rings is 1. The summed E-state index contributed by atoms with van der Waals surface area (Å²) >= 11 is 0. The number of H-pyrrole nitrogens is 1. The number of hydrogen-bond donors (Lipinski definition) is 2. The van der Waals surface area contributed by atoms with Gasteiger partial charge in [-0.05, 0) is 37.6 Å². The van der Waals surface area contributed by atoms with Crippen LogP contribution in [-0.2, 0) is 11.3 Å². The van der Waals surface area contributed by atoms with Crippen LogP contribution in [0.5, 0.6) is 5.88 Å². The van der Waals surface area contributed by atoms with Gasteiger partial charge in [0.1, 0.15) is 6.04 Å². The summed E-state index contributed by atoms with van der Waals surface area (Å²) in [7, 11) is 3.30. The van der Waals surface area contributed by atoms with Crippen LogP contribution in [0.2, 0.25) is 0 Å². The molecule has 7 heteroatoms. The molecule has 7 nitrogen and oxygen atoms in total. The second kappa shape index (κ2) is 6.37. The zero-order valence-electron chi connectivity index (χ0n) is 13.2. The fraction of sp³-hybridized carbons (Fsp3) is 0.438. The molecule has 2 aromatic rings. The molecule has 0 bridgehead atoms. The Balaban J connectivity index is 1.74. The highest BCUT2D eigenvalue weighted by Crippen LogP contribution is 2.39. The number of hydrogen-bond acceptors (Lipinski definition) is 5. The molecule has 23 heavy (non-hydrogen) atoms. The van der Waals surface area contributed by atoms with Crippen LogP contribution in [0.3, 0.4) is 0 Å². The smallest absolute Gasteiger partial charge is 0.325 e. The minimum absolute atomic E-state index is 0.461. The van der Waals surface area contributed by atoms with Gasteiger partial charge in [-0.25, -0.2) is 4.98 Å². The number of carboxylic acid groups (broad SMARTS) is 1. The molecule has 2 N–H and O–H groups in total. The van der Waals surface area contributed by atoms with E-state index in [0.29, 0.717) is 23.9 Å². The molecule has 2 aromatic heterocycles. The average Bonchev–Trinajstić information content (AvgIpc) is 3.28. The van der Waals surface area contributed by atoms with Gasteiger partial charge >= 0.3 is 5.97 Å². The highest BCUT2D eigenvalue weighted by Gasteiger charge is 2.28. The monoisotopic (exact) mass is 316 g/mol. The van der Waals surface area contributed by atoms with E-state index in [0.717, 1.165) is 11.4 Å². The Hall–Kier alpha value is -2.41. The van der Waals surface area contributed by atoms with Crippen molar-refractivity contribution >= 4 is 5.97 Å². The van der Waals surface area contributed by atoms with Gasteiger partial charge in [-0.3, -0.25) is 14.8 Å². The van der Waals surface area contributed by atoms with Crippen LogP contribution in [0.4, 0.5) is 0 Å². The van der Waals surface area contributed by atoms with Gasteiger partial charge in [0.25, 0.3) is 0 Å². The number of aromatic amines is 1. The third-order valence-corrected chi connectivity index (χ3v) is 4.02. The van der Waals surface area contributed by atoms with Crippen molar-refractivity contribution in [1.82, 2.24) is 20.1 Å². The lowest BCUT2D eigenvalue weighted by atomic mass is 10.1. The van der Waals surface area contributed by atoms with Gasteiger partial charge in [-0.1, -0.05) is 0 Å². The summed E-state index contributed by atoms with van der Waals surface area (Å²) in [4.78, 5) is 17.5. The number of aromatic nitrogens is 3. The van der Waals surface area contributed by atoms with Crippen molar-refractivity contribution in [2.24, 2.45) is 0 Å². The number of rotatable bonds is 7. The minimum atomic E-state index is -0.915. The Morgan fingerprint density at radius 2 is 2.30 bits per heavy atom. The molecule has 1 atom stereocenters. The SMILES string of the molecule is COc1ccc([C@@H](C(=O)O)N(C)Cc2cc(C3CC3)n[nH]2)cn1. The van der Waals surface area contributed by atoms with E-state index in [4.69, 9.17) is 4.74 Å². The predicted molar refractivity (Wildman–Crippen MR) is 83.2 cm³/mol. The third kappa shape index (κ3) is 3.50. The van der Waals surface area contributed by atoms with Crippen molar-refractivity contribution < 1.29 is 14.6 Å². The first-order valence-corrected chi connectivity index (χ1v) is 7.55. The van der Waals surface area contributed by atoms with E-state index >= 15 is 0 Å². The molecule has 0 spiro atoms.